The van der Waals surface area contributed by atoms with Gasteiger partial charge >= 0.3 is 5.69 Å². The van der Waals surface area contributed by atoms with Crippen LogP contribution in [0.2, 0.25) is 0 Å². The van der Waals surface area contributed by atoms with Crippen LogP contribution in [0.1, 0.15) is 13.8 Å². The van der Waals surface area contributed by atoms with E-state index in [9.17, 15) is 15.2 Å². The molecule has 2 rings (SSSR count). The molecule has 0 saturated heterocycles. The lowest BCUT2D eigenvalue weighted by Gasteiger charge is -2.20. The van der Waals surface area contributed by atoms with E-state index in [2.05, 4.69) is 20.3 Å². The number of aliphatic hydroxyl groups excluding tert-OH is 1. The molecule has 2 N–H and O–H groups in total. The summed E-state index contributed by atoms with van der Waals surface area (Å²) in [5.41, 5.74) is 0.769. The average Bonchev–Trinajstić information content (AvgIpc) is 2.84. The first-order valence-corrected chi connectivity index (χ1v) is 5.81. The number of fused-ring (bicyclic) bond motifs is 1. The minimum absolute atomic E-state index is 0.0541. The third kappa shape index (κ3) is 2.48. The molecule has 19 heavy (non-hydrogen) atoms. The molecule has 1 aromatic heterocycles. The Morgan fingerprint density at radius 3 is 2.68 bits per heavy atom. The molecule has 2 aromatic rings. The first kappa shape index (κ1) is 13.2. The molecule has 0 spiro atoms. The van der Waals surface area contributed by atoms with Crippen molar-refractivity contribution >= 4 is 22.4 Å². The second kappa shape index (κ2) is 5.19. The number of rotatable bonds is 5. The minimum atomic E-state index is -0.539. The van der Waals surface area contributed by atoms with Gasteiger partial charge in [0.2, 0.25) is 5.52 Å². The zero-order valence-electron chi connectivity index (χ0n) is 10.5. The average molecular weight is 266 g/mol. The molecule has 8 heteroatoms. The molecule has 0 saturated carbocycles. The molecule has 0 aliphatic heterocycles. The van der Waals surface area contributed by atoms with Crippen LogP contribution in [-0.2, 0) is 0 Å². The van der Waals surface area contributed by atoms with Gasteiger partial charge in [-0.15, -0.1) is 0 Å². The van der Waals surface area contributed by atoms with Gasteiger partial charge in [-0.25, -0.2) is 4.63 Å². The third-order valence-electron chi connectivity index (χ3n) is 2.93. The van der Waals surface area contributed by atoms with E-state index < -0.39 is 4.92 Å². The quantitative estimate of drug-likeness (QED) is 0.623. The van der Waals surface area contributed by atoms with Gasteiger partial charge in [-0.3, -0.25) is 10.1 Å². The van der Waals surface area contributed by atoms with Crippen LogP contribution < -0.4 is 5.32 Å². The van der Waals surface area contributed by atoms with Crippen LogP contribution in [0.15, 0.2) is 16.8 Å². The Bertz CT molecular complexity index is 595. The van der Waals surface area contributed by atoms with Gasteiger partial charge in [-0.1, -0.05) is 13.8 Å². The molecule has 0 radical (unpaired) electrons. The summed E-state index contributed by atoms with van der Waals surface area (Å²) in [7, 11) is 0. The molecular weight excluding hydrogens is 252 g/mol. The van der Waals surface area contributed by atoms with Crippen molar-refractivity contribution < 1.29 is 14.7 Å². The maximum Gasteiger partial charge on any atom is 0.300 e. The summed E-state index contributed by atoms with van der Waals surface area (Å²) in [4.78, 5) is 10.3. The maximum atomic E-state index is 10.8. The van der Waals surface area contributed by atoms with Crippen molar-refractivity contribution in [2.24, 2.45) is 5.92 Å². The standard InChI is InChI=1S/C11H14N4O4/c1-6(2)8(5-16)12-7-3-4-9(15(17)18)11-10(7)13-19-14-11/h3-4,6,8,12,16H,5H2,1-2H3/t8-/m1/s1. The zero-order chi connectivity index (χ0) is 14.0. The molecule has 1 aromatic carbocycles. The Morgan fingerprint density at radius 1 is 1.42 bits per heavy atom. The van der Waals surface area contributed by atoms with E-state index >= 15 is 0 Å². The second-order valence-corrected chi connectivity index (χ2v) is 4.53. The smallest absolute Gasteiger partial charge is 0.300 e. The van der Waals surface area contributed by atoms with Crippen LogP contribution in [0.5, 0.6) is 0 Å². The summed E-state index contributed by atoms with van der Waals surface area (Å²) in [5.74, 6) is 0.190. The number of nitrogens with zero attached hydrogens (tertiary/aromatic N) is 3. The molecule has 0 aliphatic carbocycles. The number of hydrogen-bond donors (Lipinski definition) is 2. The van der Waals surface area contributed by atoms with Crippen molar-refractivity contribution in [3.8, 4) is 0 Å². The van der Waals surface area contributed by atoms with Crippen LogP contribution in [0.25, 0.3) is 11.0 Å². The Morgan fingerprint density at radius 2 is 2.11 bits per heavy atom. The number of nitrogens with one attached hydrogen (secondary N) is 1. The van der Waals surface area contributed by atoms with Crippen molar-refractivity contribution in [3.63, 3.8) is 0 Å². The highest BCUT2D eigenvalue weighted by Gasteiger charge is 2.21. The van der Waals surface area contributed by atoms with Crippen molar-refractivity contribution in [1.82, 2.24) is 10.3 Å². The summed E-state index contributed by atoms with van der Waals surface area (Å²) in [6, 6.07) is 2.70. The molecule has 8 nitrogen and oxygen atoms in total. The number of anilines is 1. The Hall–Kier alpha value is -2.22. The Kier molecular flexibility index (Phi) is 3.61. The van der Waals surface area contributed by atoms with Crippen molar-refractivity contribution in [2.75, 3.05) is 11.9 Å². The highest BCUT2D eigenvalue weighted by Crippen LogP contribution is 2.29. The van der Waals surface area contributed by atoms with E-state index in [-0.39, 0.29) is 35.3 Å². The van der Waals surface area contributed by atoms with Crippen molar-refractivity contribution in [1.29, 1.82) is 0 Å². The van der Waals surface area contributed by atoms with E-state index in [4.69, 9.17) is 0 Å². The number of nitro benzene ring substituents is 1. The van der Waals surface area contributed by atoms with Gasteiger partial charge in [-0.05, 0) is 22.3 Å². The van der Waals surface area contributed by atoms with E-state index in [0.717, 1.165) is 0 Å². The van der Waals surface area contributed by atoms with Crippen LogP contribution in [0, 0.1) is 16.0 Å². The van der Waals surface area contributed by atoms with Crippen LogP contribution in [0.4, 0.5) is 11.4 Å². The molecule has 0 unspecified atom stereocenters. The van der Waals surface area contributed by atoms with E-state index in [1.165, 1.54) is 12.1 Å². The van der Waals surface area contributed by atoms with Gasteiger partial charge < -0.3 is 10.4 Å². The Balaban J connectivity index is 2.43. The first-order valence-electron chi connectivity index (χ1n) is 5.81. The molecule has 0 bridgehead atoms. The van der Waals surface area contributed by atoms with Crippen molar-refractivity contribution in [2.45, 2.75) is 19.9 Å². The van der Waals surface area contributed by atoms with Gasteiger partial charge in [0, 0.05) is 6.07 Å². The van der Waals surface area contributed by atoms with E-state index in [1.807, 2.05) is 13.8 Å². The monoisotopic (exact) mass is 266 g/mol. The molecular formula is C11H14N4O4. The molecule has 102 valence electrons. The SMILES string of the molecule is CC(C)[C@@H](CO)Nc1ccc([N+](=O)[O-])c2nonc12. The lowest BCUT2D eigenvalue weighted by Crippen LogP contribution is -2.29. The second-order valence-electron chi connectivity index (χ2n) is 4.53. The van der Waals surface area contributed by atoms with Gasteiger partial charge in [0.05, 0.1) is 23.3 Å². The number of hydrogen-bond acceptors (Lipinski definition) is 7. The van der Waals surface area contributed by atoms with Gasteiger partial charge in [-0.2, -0.15) is 0 Å². The Labute approximate surface area is 108 Å². The predicted octanol–water partition coefficient (Wildman–Crippen LogP) is 1.56. The minimum Gasteiger partial charge on any atom is -0.394 e. The van der Waals surface area contributed by atoms with Crippen LogP contribution >= 0.6 is 0 Å². The summed E-state index contributed by atoms with van der Waals surface area (Å²) < 4.78 is 4.57. The molecule has 0 amide bonds. The summed E-state index contributed by atoms with van der Waals surface area (Å²) >= 11 is 0. The fourth-order valence-corrected chi connectivity index (χ4v) is 1.74. The summed E-state index contributed by atoms with van der Waals surface area (Å²) in [5, 5.41) is 30.4. The third-order valence-corrected chi connectivity index (χ3v) is 2.93. The fraction of sp³-hybridized carbons (Fsp3) is 0.455. The fourth-order valence-electron chi connectivity index (χ4n) is 1.74. The van der Waals surface area contributed by atoms with Gasteiger partial charge in [0.25, 0.3) is 0 Å². The molecule has 0 fully saturated rings. The van der Waals surface area contributed by atoms with E-state index in [1.54, 1.807) is 0 Å². The predicted molar refractivity (Wildman–Crippen MR) is 67.8 cm³/mol. The van der Waals surface area contributed by atoms with Crippen LogP contribution in [-0.4, -0.2) is 33.0 Å². The molecule has 0 aliphatic rings. The summed E-state index contributed by atoms with van der Waals surface area (Å²) in [6.45, 7) is 3.86. The number of aliphatic hydroxyl groups is 1. The van der Waals surface area contributed by atoms with E-state index in [0.29, 0.717) is 5.69 Å². The van der Waals surface area contributed by atoms with Crippen molar-refractivity contribution in [3.05, 3.63) is 22.2 Å². The zero-order valence-corrected chi connectivity index (χ0v) is 10.5. The number of aromatic nitrogens is 2. The number of benzene rings is 1. The van der Waals surface area contributed by atoms with Gasteiger partial charge in [0.15, 0.2) is 5.52 Å². The highest BCUT2D eigenvalue weighted by atomic mass is 16.6. The number of nitro groups is 1. The lowest BCUT2D eigenvalue weighted by molar-refractivity contribution is -0.383. The normalized spacial score (nSPS) is 12.8. The van der Waals surface area contributed by atoms with Gasteiger partial charge in [0.1, 0.15) is 0 Å². The topological polar surface area (TPSA) is 114 Å². The van der Waals surface area contributed by atoms with Crippen LogP contribution in [0.3, 0.4) is 0 Å². The molecule has 1 heterocycles. The number of non-ortho nitro benzene ring substituents is 1. The lowest BCUT2D eigenvalue weighted by atomic mass is 10.0. The maximum absolute atomic E-state index is 10.8. The first-order chi connectivity index (χ1) is 9.04. The largest absolute Gasteiger partial charge is 0.394 e. The summed E-state index contributed by atoms with van der Waals surface area (Å²) in [6.07, 6.45) is 0. The highest BCUT2D eigenvalue weighted by molar-refractivity contribution is 5.93. The molecule has 1 atom stereocenters.